The van der Waals surface area contributed by atoms with Crippen LogP contribution in [0.3, 0.4) is 0 Å². The zero-order valence-corrected chi connectivity index (χ0v) is 8.69. The van der Waals surface area contributed by atoms with Crippen LogP contribution in [0, 0.1) is 0 Å². The summed E-state index contributed by atoms with van der Waals surface area (Å²) in [7, 11) is 1.40. The molecule has 76 valence electrons. The van der Waals surface area contributed by atoms with Gasteiger partial charge in [0.1, 0.15) is 0 Å². The molecule has 1 atom stereocenters. The second-order valence-corrected chi connectivity index (χ2v) is 2.66. The number of esters is 1. The maximum atomic E-state index is 11.1. The number of ether oxygens (including phenoxy) is 1. The average molecular weight is 192 g/mol. The van der Waals surface area contributed by atoms with Crippen LogP contribution in [-0.4, -0.2) is 13.1 Å². The van der Waals surface area contributed by atoms with Gasteiger partial charge in [0.05, 0.1) is 13.0 Å². The van der Waals surface area contributed by atoms with Crippen molar-refractivity contribution in [2.24, 2.45) is 0 Å². The van der Waals surface area contributed by atoms with Crippen molar-refractivity contribution in [3.8, 4) is 0 Å². The molecule has 1 aromatic rings. The summed E-state index contributed by atoms with van der Waals surface area (Å²) in [6.07, 6.45) is 0. The molecule has 0 radical (unpaired) electrons. The molecular weight excluding hydrogens is 176 g/mol. The normalized spacial score (nSPS) is 10.7. The Morgan fingerprint density at radius 3 is 2.21 bits per heavy atom. The molecule has 0 N–H and O–H groups in total. The first kappa shape index (κ1) is 12.4. The van der Waals surface area contributed by atoms with Gasteiger partial charge in [-0.25, -0.2) is 0 Å². The molecule has 1 aromatic carbocycles. The van der Waals surface area contributed by atoms with Crippen molar-refractivity contribution in [1.82, 2.24) is 0 Å². The summed E-state index contributed by atoms with van der Waals surface area (Å²) in [5.74, 6) is -0.364. The van der Waals surface area contributed by atoms with Crippen molar-refractivity contribution in [2.45, 2.75) is 12.8 Å². The quantitative estimate of drug-likeness (QED) is 0.532. The van der Waals surface area contributed by atoms with E-state index in [4.69, 9.17) is 0 Å². The molecule has 14 heavy (non-hydrogen) atoms. The molecule has 1 rings (SSSR count). The van der Waals surface area contributed by atoms with Gasteiger partial charge in [-0.05, 0) is 12.5 Å². The number of benzene rings is 1. The largest absolute Gasteiger partial charge is 0.469 e. The van der Waals surface area contributed by atoms with E-state index in [2.05, 4.69) is 17.9 Å². The smallest absolute Gasteiger partial charge is 0.312 e. The van der Waals surface area contributed by atoms with E-state index < -0.39 is 0 Å². The number of carbonyl (C=O) groups is 1. The number of carbonyl (C=O) groups excluding carboxylic acids is 1. The van der Waals surface area contributed by atoms with Crippen LogP contribution in [0.5, 0.6) is 0 Å². The van der Waals surface area contributed by atoms with Crippen molar-refractivity contribution in [1.29, 1.82) is 0 Å². The second-order valence-electron chi connectivity index (χ2n) is 2.66. The van der Waals surface area contributed by atoms with Gasteiger partial charge in [-0.2, -0.15) is 0 Å². The van der Waals surface area contributed by atoms with E-state index >= 15 is 0 Å². The molecule has 0 bridgehead atoms. The minimum absolute atomic E-state index is 0.170. The fourth-order valence-corrected chi connectivity index (χ4v) is 1.05. The first-order valence-corrected chi connectivity index (χ1v) is 4.38. The third-order valence-corrected chi connectivity index (χ3v) is 1.85. The van der Waals surface area contributed by atoms with Crippen LogP contribution in [0.4, 0.5) is 0 Å². The van der Waals surface area contributed by atoms with Crippen LogP contribution in [-0.2, 0) is 9.53 Å². The van der Waals surface area contributed by atoms with Crippen molar-refractivity contribution in [3.63, 3.8) is 0 Å². The Bertz CT molecular complexity index is 267. The van der Waals surface area contributed by atoms with Gasteiger partial charge in [0.15, 0.2) is 0 Å². The van der Waals surface area contributed by atoms with Crippen LogP contribution >= 0.6 is 0 Å². The topological polar surface area (TPSA) is 26.3 Å². The summed E-state index contributed by atoms with van der Waals surface area (Å²) in [4.78, 5) is 11.1. The first-order valence-electron chi connectivity index (χ1n) is 4.38. The van der Waals surface area contributed by atoms with Gasteiger partial charge >= 0.3 is 5.97 Å². The summed E-state index contributed by atoms with van der Waals surface area (Å²) < 4.78 is 4.63. The van der Waals surface area contributed by atoms with Gasteiger partial charge in [0.25, 0.3) is 0 Å². The number of hydrogen-bond acceptors (Lipinski definition) is 2. The molecule has 0 aliphatic carbocycles. The summed E-state index contributed by atoms with van der Waals surface area (Å²) >= 11 is 0. The van der Waals surface area contributed by atoms with Crippen LogP contribution in [0.1, 0.15) is 18.4 Å². The molecule has 0 aliphatic rings. The Balaban J connectivity index is 0.000000791. The Kier molecular flexibility index (Phi) is 6.12. The van der Waals surface area contributed by atoms with Gasteiger partial charge in [-0.3, -0.25) is 4.79 Å². The molecule has 1 unspecified atom stereocenters. The molecule has 0 aromatic heterocycles. The molecule has 0 fully saturated rings. The Morgan fingerprint density at radius 2 is 1.79 bits per heavy atom. The summed E-state index contributed by atoms with van der Waals surface area (Å²) in [6, 6.07) is 9.58. The highest BCUT2D eigenvalue weighted by molar-refractivity contribution is 5.77. The predicted molar refractivity (Wildman–Crippen MR) is 58.1 cm³/mol. The van der Waals surface area contributed by atoms with E-state index in [-0.39, 0.29) is 11.9 Å². The van der Waals surface area contributed by atoms with Crippen molar-refractivity contribution >= 4 is 5.97 Å². The average Bonchev–Trinajstić information content (AvgIpc) is 2.31. The van der Waals surface area contributed by atoms with E-state index in [1.165, 1.54) is 7.11 Å². The van der Waals surface area contributed by atoms with Crippen LogP contribution in [0.25, 0.3) is 0 Å². The number of methoxy groups -OCH3 is 1. The van der Waals surface area contributed by atoms with Crippen molar-refractivity contribution < 1.29 is 9.53 Å². The maximum absolute atomic E-state index is 11.1. The Labute approximate surface area is 85.2 Å². The third-order valence-electron chi connectivity index (χ3n) is 1.85. The second kappa shape index (κ2) is 6.89. The van der Waals surface area contributed by atoms with Crippen molar-refractivity contribution in [3.05, 3.63) is 49.1 Å². The summed E-state index contributed by atoms with van der Waals surface area (Å²) in [5, 5.41) is 0. The van der Waals surface area contributed by atoms with Gasteiger partial charge in [-0.15, -0.1) is 13.2 Å². The fraction of sp³-hybridized carbons (Fsp3) is 0.250. The lowest BCUT2D eigenvalue weighted by molar-refractivity contribution is -0.141. The molecule has 2 heteroatoms. The molecule has 0 saturated carbocycles. The van der Waals surface area contributed by atoms with Gasteiger partial charge < -0.3 is 4.74 Å². The zero-order chi connectivity index (χ0) is 11.0. The molecule has 0 heterocycles. The Hall–Kier alpha value is -1.57. The summed E-state index contributed by atoms with van der Waals surface area (Å²) in [5.41, 5.74) is 0.990. The molecule has 2 nitrogen and oxygen atoms in total. The lowest BCUT2D eigenvalue weighted by atomic mass is 10.0. The minimum Gasteiger partial charge on any atom is -0.469 e. The highest BCUT2D eigenvalue weighted by atomic mass is 16.5. The number of rotatable bonds is 2. The van der Waals surface area contributed by atoms with Crippen LogP contribution < -0.4 is 0 Å². The van der Waals surface area contributed by atoms with E-state index in [1.807, 2.05) is 37.3 Å². The molecule has 0 spiro atoms. The molecule has 0 saturated heterocycles. The van der Waals surface area contributed by atoms with Crippen LogP contribution in [0.15, 0.2) is 43.5 Å². The predicted octanol–water partition coefficient (Wildman–Crippen LogP) is 2.77. The number of hydrogen-bond donors (Lipinski definition) is 0. The summed E-state index contributed by atoms with van der Waals surface area (Å²) in [6.45, 7) is 7.83. The highest BCUT2D eigenvalue weighted by Gasteiger charge is 2.14. The third kappa shape index (κ3) is 3.44. The van der Waals surface area contributed by atoms with Gasteiger partial charge in [0, 0.05) is 0 Å². The molecule has 0 aliphatic heterocycles. The Morgan fingerprint density at radius 1 is 1.29 bits per heavy atom. The zero-order valence-electron chi connectivity index (χ0n) is 8.69. The standard InChI is InChI=1S/C10H12O2.C2H4/c1-8(10(11)12-2)9-6-4-3-5-7-9;1-2/h3-8H,1-2H3;1-2H2. The first-order chi connectivity index (χ1) is 6.75. The molecule has 0 amide bonds. The van der Waals surface area contributed by atoms with Gasteiger partial charge in [-0.1, -0.05) is 30.3 Å². The van der Waals surface area contributed by atoms with Crippen LogP contribution in [0.2, 0.25) is 0 Å². The molecular formula is C12H16O2. The van der Waals surface area contributed by atoms with E-state index in [1.54, 1.807) is 0 Å². The lowest BCUT2D eigenvalue weighted by Crippen LogP contribution is -2.10. The maximum Gasteiger partial charge on any atom is 0.312 e. The lowest BCUT2D eigenvalue weighted by Gasteiger charge is -2.08. The highest BCUT2D eigenvalue weighted by Crippen LogP contribution is 2.15. The fourth-order valence-electron chi connectivity index (χ4n) is 1.05. The van der Waals surface area contributed by atoms with E-state index in [0.717, 1.165) is 5.56 Å². The van der Waals surface area contributed by atoms with Gasteiger partial charge in [0.2, 0.25) is 0 Å². The van der Waals surface area contributed by atoms with E-state index in [9.17, 15) is 4.79 Å². The van der Waals surface area contributed by atoms with Crippen molar-refractivity contribution in [2.75, 3.05) is 7.11 Å². The van der Waals surface area contributed by atoms with E-state index in [0.29, 0.717) is 0 Å². The minimum atomic E-state index is -0.193. The monoisotopic (exact) mass is 192 g/mol. The SMILES string of the molecule is C=C.COC(=O)C(C)c1ccccc1.